The highest BCUT2D eigenvalue weighted by atomic mass is 35.5. The van der Waals surface area contributed by atoms with Crippen LogP contribution in [0.5, 0.6) is 0 Å². The predicted octanol–water partition coefficient (Wildman–Crippen LogP) is 4.83. The molecule has 0 radical (unpaired) electrons. The first-order valence-electron chi connectivity index (χ1n) is 6.78. The lowest BCUT2D eigenvalue weighted by Crippen LogP contribution is -2.50. The molecule has 0 aromatic heterocycles. The van der Waals surface area contributed by atoms with Crippen molar-refractivity contribution in [1.82, 2.24) is 0 Å². The molecule has 2 atom stereocenters. The summed E-state index contributed by atoms with van der Waals surface area (Å²) in [7, 11) is 0. The Morgan fingerprint density at radius 1 is 1.33 bits per heavy atom. The van der Waals surface area contributed by atoms with E-state index in [0.29, 0.717) is 5.92 Å². The highest BCUT2D eigenvalue weighted by molar-refractivity contribution is 6.33. The van der Waals surface area contributed by atoms with E-state index in [2.05, 4.69) is 6.92 Å². The van der Waals surface area contributed by atoms with Crippen molar-refractivity contribution in [2.24, 2.45) is 11.7 Å². The molecule has 0 amide bonds. The van der Waals surface area contributed by atoms with E-state index in [1.165, 1.54) is 19.3 Å². The number of hydrogen-bond donors (Lipinski definition) is 1. The van der Waals surface area contributed by atoms with E-state index in [0.717, 1.165) is 34.9 Å². The van der Waals surface area contributed by atoms with Crippen molar-refractivity contribution in [1.29, 1.82) is 0 Å². The average Bonchev–Trinajstić information content (AvgIpc) is 2.34. The number of benzene rings is 1. The Balaban J connectivity index is 2.22. The lowest BCUT2D eigenvalue weighted by atomic mass is 9.69. The topological polar surface area (TPSA) is 26.0 Å². The molecule has 2 N–H and O–H groups in total. The summed E-state index contributed by atoms with van der Waals surface area (Å²) in [6.45, 7) is 2.23. The summed E-state index contributed by atoms with van der Waals surface area (Å²) < 4.78 is 0. The van der Waals surface area contributed by atoms with E-state index in [1.54, 1.807) is 0 Å². The third kappa shape index (κ3) is 3.01. The van der Waals surface area contributed by atoms with Gasteiger partial charge in [-0.3, -0.25) is 0 Å². The molecule has 2 unspecified atom stereocenters. The Hall–Kier alpha value is -0.240. The molecule has 1 aliphatic rings. The molecule has 100 valence electrons. The molecule has 0 saturated heterocycles. The second-order valence-electron chi connectivity index (χ2n) is 5.50. The number of hydrogen-bond acceptors (Lipinski definition) is 1. The van der Waals surface area contributed by atoms with Gasteiger partial charge in [0.15, 0.2) is 0 Å². The maximum absolute atomic E-state index is 6.66. The Morgan fingerprint density at radius 2 is 2.11 bits per heavy atom. The molecule has 1 nitrogen and oxygen atoms in total. The Morgan fingerprint density at radius 3 is 2.83 bits per heavy atom. The van der Waals surface area contributed by atoms with Crippen LogP contribution in [0, 0.1) is 5.92 Å². The monoisotopic (exact) mass is 285 g/mol. The molecular formula is C15H21Cl2N. The molecule has 0 bridgehead atoms. The van der Waals surface area contributed by atoms with Crippen molar-refractivity contribution >= 4 is 23.2 Å². The highest BCUT2D eigenvalue weighted by Crippen LogP contribution is 2.37. The van der Waals surface area contributed by atoms with E-state index in [-0.39, 0.29) is 5.54 Å². The molecule has 1 aliphatic carbocycles. The lowest BCUT2D eigenvalue weighted by Gasteiger charge is -2.41. The molecular weight excluding hydrogens is 265 g/mol. The molecule has 1 aromatic carbocycles. The van der Waals surface area contributed by atoms with Gasteiger partial charge in [-0.25, -0.2) is 0 Å². The van der Waals surface area contributed by atoms with Gasteiger partial charge in [0.25, 0.3) is 0 Å². The van der Waals surface area contributed by atoms with Gasteiger partial charge < -0.3 is 5.73 Å². The summed E-state index contributed by atoms with van der Waals surface area (Å²) >= 11 is 12.3. The van der Waals surface area contributed by atoms with E-state index >= 15 is 0 Å². The van der Waals surface area contributed by atoms with Gasteiger partial charge in [0.1, 0.15) is 0 Å². The van der Waals surface area contributed by atoms with Crippen LogP contribution in [0.3, 0.4) is 0 Å². The van der Waals surface area contributed by atoms with Gasteiger partial charge in [0.05, 0.1) is 0 Å². The fourth-order valence-corrected chi connectivity index (χ4v) is 3.59. The van der Waals surface area contributed by atoms with Crippen LogP contribution >= 0.6 is 23.2 Å². The standard InChI is InChI=1S/C15H21Cl2N/c1-2-12-5-3-4-8-15(12,18)10-11-9-13(16)6-7-14(11)17/h6-7,9,12H,2-5,8,10,18H2,1H3. The molecule has 0 heterocycles. The minimum atomic E-state index is -0.110. The number of rotatable bonds is 3. The first-order valence-corrected chi connectivity index (χ1v) is 7.53. The first-order chi connectivity index (χ1) is 8.55. The van der Waals surface area contributed by atoms with Crippen molar-refractivity contribution in [3.05, 3.63) is 33.8 Å². The average molecular weight is 286 g/mol. The predicted molar refractivity (Wildman–Crippen MR) is 79.3 cm³/mol. The Kier molecular flexibility index (Phi) is 4.58. The van der Waals surface area contributed by atoms with Gasteiger partial charge in [0, 0.05) is 15.6 Å². The van der Waals surface area contributed by atoms with Gasteiger partial charge in [-0.05, 0) is 48.9 Å². The molecule has 1 saturated carbocycles. The normalized spacial score (nSPS) is 28.3. The summed E-state index contributed by atoms with van der Waals surface area (Å²) in [4.78, 5) is 0. The van der Waals surface area contributed by atoms with Crippen LogP contribution in [-0.2, 0) is 6.42 Å². The SMILES string of the molecule is CCC1CCCCC1(N)Cc1cc(Cl)ccc1Cl. The van der Waals surface area contributed by atoms with E-state index in [9.17, 15) is 0 Å². The summed E-state index contributed by atoms with van der Waals surface area (Å²) in [6, 6.07) is 5.65. The molecule has 0 aliphatic heterocycles. The Bertz CT molecular complexity index is 419. The summed E-state index contributed by atoms with van der Waals surface area (Å²) in [5.41, 5.74) is 7.64. The molecule has 3 heteroatoms. The third-order valence-corrected chi connectivity index (χ3v) is 4.88. The van der Waals surface area contributed by atoms with E-state index in [1.807, 2.05) is 18.2 Å². The van der Waals surface area contributed by atoms with Crippen LogP contribution in [0.4, 0.5) is 0 Å². The fraction of sp³-hybridized carbons (Fsp3) is 0.600. The van der Waals surface area contributed by atoms with Crippen LogP contribution < -0.4 is 5.73 Å². The Labute approximate surface area is 120 Å². The smallest absolute Gasteiger partial charge is 0.0439 e. The van der Waals surface area contributed by atoms with Crippen molar-refractivity contribution in [3.63, 3.8) is 0 Å². The molecule has 1 aromatic rings. The number of halogens is 2. The zero-order valence-corrected chi connectivity index (χ0v) is 12.4. The highest BCUT2D eigenvalue weighted by Gasteiger charge is 2.36. The molecule has 1 fully saturated rings. The van der Waals surface area contributed by atoms with Crippen LogP contribution in [0.25, 0.3) is 0 Å². The van der Waals surface area contributed by atoms with E-state index < -0.39 is 0 Å². The molecule has 2 rings (SSSR count). The summed E-state index contributed by atoms with van der Waals surface area (Å²) in [6.07, 6.45) is 6.85. The van der Waals surface area contributed by atoms with Gasteiger partial charge in [0.2, 0.25) is 0 Å². The van der Waals surface area contributed by atoms with Crippen LogP contribution in [0.2, 0.25) is 10.0 Å². The second-order valence-corrected chi connectivity index (χ2v) is 6.34. The van der Waals surface area contributed by atoms with Crippen molar-refractivity contribution in [2.75, 3.05) is 0 Å². The van der Waals surface area contributed by atoms with Gasteiger partial charge in [-0.15, -0.1) is 0 Å². The molecule has 0 spiro atoms. The molecule has 18 heavy (non-hydrogen) atoms. The van der Waals surface area contributed by atoms with Gasteiger partial charge >= 0.3 is 0 Å². The van der Waals surface area contributed by atoms with Crippen LogP contribution in [0.1, 0.15) is 44.6 Å². The van der Waals surface area contributed by atoms with Gasteiger partial charge in [-0.1, -0.05) is 49.4 Å². The first kappa shape index (κ1) is 14.2. The maximum Gasteiger partial charge on any atom is 0.0439 e. The quantitative estimate of drug-likeness (QED) is 0.845. The minimum Gasteiger partial charge on any atom is -0.325 e. The van der Waals surface area contributed by atoms with Gasteiger partial charge in [-0.2, -0.15) is 0 Å². The largest absolute Gasteiger partial charge is 0.325 e. The van der Waals surface area contributed by atoms with Crippen LogP contribution in [0.15, 0.2) is 18.2 Å². The zero-order chi connectivity index (χ0) is 13.2. The maximum atomic E-state index is 6.66. The second kappa shape index (κ2) is 5.81. The minimum absolute atomic E-state index is 0.110. The van der Waals surface area contributed by atoms with Crippen molar-refractivity contribution in [3.8, 4) is 0 Å². The summed E-state index contributed by atoms with van der Waals surface area (Å²) in [5, 5.41) is 1.52. The number of nitrogens with two attached hydrogens (primary N) is 1. The van der Waals surface area contributed by atoms with Crippen molar-refractivity contribution < 1.29 is 0 Å². The van der Waals surface area contributed by atoms with Crippen molar-refractivity contribution in [2.45, 2.75) is 51.0 Å². The fourth-order valence-electron chi connectivity index (χ4n) is 3.21. The zero-order valence-electron chi connectivity index (χ0n) is 10.9. The third-order valence-electron chi connectivity index (χ3n) is 4.28. The van der Waals surface area contributed by atoms with Crippen LogP contribution in [-0.4, -0.2) is 5.54 Å². The van der Waals surface area contributed by atoms with E-state index in [4.69, 9.17) is 28.9 Å². The summed E-state index contributed by atoms with van der Waals surface area (Å²) in [5.74, 6) is 0.598. The lowest BCUT2D eigenvalue weighted by molar-refractivity contribution is 0.182.